The van der Waals surface area contributed by atoms with E-state index in [-0.39, 0.29) is 11.5 Å². The molecule has 6 nitrogen and oxygen atoms in total. The van der Waals surface area contributed by atoms with Crippen molar-refractivity contribution in [3.05, 3.63) is 65.7 Å². The average Bonchev–Trinajstić information content (AvgIpc) is 2.54. The summed E-state index contributed by atoms with van der Waals surface area (Å²) < 4.78 is 4.75. The largest absolute Gasteiger partial charge is 0.452 e. The van der Waals surface area contributed by atoms with Gasteiger partial charge in [0.2, 0.25) is 0 Å². The maximum absolute atomic E-state index is 12.1. The quantitative estimate of drug-likeness (QED) is 0.819. The van der Waals surface area contributed by atoms with E-state index in [0.29, 0.717) is 11.3 Å². The van der Waals surface area contributed by atoms with Crippen LogP contribution in [0.5, 0.6) is 0 Å². The van der Waals surface area contributed by atoms with Crippen LogP contribution in [0.2, 0.25) is 0 Å². The minimum atomic E-state index is -0.751. The van der Waals surface area contributed by atoms with Crippen LogP contribution >= 0.6 is 0 Å². The van der Waals surface area contributed by atoms with Crippen molar-refractivity contribution in [1.29, 1.82) is 0 Å². The lowest BCUT2D eigenvalue weighted by Gasteiger charge is -2.10. The number of primary amides is 1. The minimum Gasteiger partial charge on any atom is -0.452 e. The number of anilines is 1. The van der Waals surface area contributed by atoms with Gasteiger partial charge in [-0.25, -0.2) is 4.79 Å². The Balaban J connectivity index is 2.16. The molecule has 0 unspecified atom stereocenters. The van der Waals surface area contributed by atoms with E-state index in [1.807, 2.05) is 0 Å². The first kappa shape index (κ1) is 15.2. The Morgan fingerprint density at radius 2 is 1.59 bits per heavy atom. The lowest BCUT2D eigenvalue weighted by atomic mass is 10.1. The summed E-state index contributed by atoms with van der Waals surface area (Å²) in [6.45, 7) is -0.514. The van der Waals surface area contributed by atoms with Gasteiger partial charge in [-0.2, -0.15) is 0 Å². The number of amides is 2. The zero-order chi connectivity index (χ0) is 15.9. The zero-order valence-electron chi connectivity index (χ0n) is 11.6. The standard InChI is InChI=1S/C16H14N2O4/c17-14(19)10-22-16(21)12-8-4-5-9-13(12)18-15(20)11-6-2-1-3-7-11/h1-9H,10H2,(H2,17,19)(H,18,20). The van der Waals surface area contributed by atoms with Gasteiger partial charge in [-0.1, -0.05) is 30.3 Å². The number of hydrogen-bond acceptors (Lipinski definition) is 4. The average molecular weight is 298 g/mol. The molecular weight excluding hydrogens is 284 g/mol. The van der Waals surface area contributed by atoms with Gasteiger partial charge in [-0.15, -0.1) is 0 Å². The van der Waals surface area contributed by atoms with Crippen molar-refractivity contribution < 1.29 is 19.1 Å². The number of benzene rings is 2. The van der Waals surface area contributed by atoms with Crippen LogP contribution in [-0.2, 0) is 9.53 Å². The van der Waals surface area contributed by atoms with E-state index < -0.39 is 18.5 Å². The molecule has 0 saturated heterocycles. The second-order valence-corrected chi connectivity index (χ2v) is 4.41. The fourth-order valence-corrected chi connectivity index (χ4v) is 1.77. The molecule has 0 aliphatic rings. The predicted molar refractivity (Wildman–Crippen MR) is 80.3 cm³/mol. The van der Waals surface area contributed by atoms with E-state index >= 15 is 0 Å². The molecule has 3 N–H and O–H groups in total. The van der Waals surface area contributed by atoms with Crippen LogP contribution < -0.4 is 11.1 Å². The molecule has 0 heterocycles. The maximum Gasteiger partial charge on any atom is 0.340 e. The SMILES string of the molecule is NC(=O)COC(=O)c1ccccc1NC(=O)c1ccccc1. The Morgan fingerprint density at radius 3 is 2.27 bits per heavy atom. The lowest BCUT2D eigenvalue weighted by Crippen LogP contribution is -2.22. The van der Waals surface area contributed by atoms with E-state index in [2.05, 4.69) is 5.32 Å². The normalized spacial score (nSPS) is 9.82. The van der Waals surface area contributed by atoms with Crippen LogP contribution in [0, 0.1) is 0 Å². The van der Waals surface area contributed by atoms with Gasteiger partial charge in [-0.3, -0.25) is 9.59 Å². The molecule has 0 atom stereocenters. The molecule has 0 aliphatic heterocycles. The van der Waals surface area contributed by atoms with E-state index in [0.717, 1.165) is 0 Å². The molecule has 2 aromatic rings. The van der Waals surface area contributed by atoms with Crippen molar-refractivity contribution in [3.63, 3.8) is 0 Å². The van der Waals surface area contributed by atoms with Crippen molar-refractivity contribution in [2.75, 3.05) is 11.9 Å². The van der Waals surface area contributed by atoms with E-state index in [9.17, 15) is 14.4 Å². The Morgan fingerprint density at radius 1 is 0.955 bits per heavy atom. The number of nitrogens with two attached hydrogens (primary N) is 1. The number of hydrogen-bond donors (Lipinski definition) is 2. The number of esters is 1. The zero-order valence-corrected chi connectivity index (χ0v) is 11.6. The van der Waals surface area contributed by atoms with Crippen molar-refractivity contribution in [2.45, 2.75) is 0 Å². The number of ether oxygens (including phenoxy) is 1. The van der Waals surface area contributed by atoms with Gasteiger partial charge in [0.1, 0.15) is 0 Å². The number of rotatable bonds is 5. The summed E-state index contributed by atoms with van der Waals surface area (Å²) in [5, 5.41) is 2.64. The number of para-hydroxylation sites is 1. The van der Waals surface area contributed by atoms with Crippen LogP contribution in [0.4, 0.5) is 5.69 Å². The molecule has 0 bridgehead atoms. The summed E-state index contributed by atoms with van der Waals surface area (Å²) in [5.74, 6) is -1.84. The summed E-state index contributed by atoms with van der Waals surface area (Å²) >= 11 is 0. The summed E-state index contributed by atoms with van der Waals surface area (Å²) in [7, 11) is 0. The van der Waals surface area contributed by atoms with Crippen LogP contribution in [-0.4, -0.2) is 24.4 Å². The minimum absolute atomic E-state index is 0.146. The van der Waals surface area contributed by atoms with Gasteiger partial charge < -0.3 is 15.8 Å². The fourth-order valence-electron chi connectivity index (χ4n) is 1.77. The molecule has 0 aromatic heterocycles. The van der Waals surface area contributed by atoms with Gasteiger partial charge in [0.15, 0.2) is 6.61 Å². The highest BCUT2D eigenvalue weighted by atomic mass is 16.5. The highest BCUT2D eigenvalue weighted by Crippen LogP contribution is 2.17. The fraction of sp³-hybridized carbons (Fsp3) is 0.0625. The van der Waals surface area contributed by atoms with Crippen LogP contribution in [0.1, 0.15) is 20.7 Å². The monoisotopic (exact) mass is 298 g/mol. The molecule has 0 aliphatic carbocycles. The summed E-state index contributed by atoms with van der Waals surface area (Å²) in [6.07, 6.45) is 0. The van der Waals surface area contributed by atoms with Crippen LogP contribution in [0.15, 0.2) is 54.6 Å². The summed E-state index contributed by atoms with van der Waals surface area (Å²) in [6, 6.07) is 14.9. The maximum atomic E-state index is 12.1. The second-order valence-electron chi connectivity index (χ2n) is 4.41. The molecule has 2 rings (SSSR count). The van der Waals surface area contributed by atoms with Gasteiger partial charge in [0.05, 0.1) is 11.3 Å². The topological polar surface area (TPSA) is 98.5 Å². The van der Waals surface area contributed by atoms with Crippen LogP contribution in [0.3, 0.4) is 0 Å². The Labute approximate surface area is 126 Å². The first-order chi connectivity index (χ1) is 10.6. The summed E-state index contributed by atoms with van der Waals surface area (Å²) in [4.78, 5) is 34.7. The first-order valence-corrected chi connectivity index (χ1v) is 6.49. The van der Waals surface area contributed by atoms with Crippen molar-refractivity contribution in [2.24, 2.45) is 5.73 Å². The van der Waals surface area contributed by atoms with Crippen molar-refractivity contribution in [1.82, 2.24) is 0 Å². The van der Waals surface area contributed by atoms with Crippen LogP contribution in [0.25, 0.3) is 0 Å². The molecule has 0 radical (unpaired) electrons. The third kappa shape index (κ3) is 3.92. The first-order valence-electron chi connectivity index (χ1n) is 6.49. The number of nitrogens with one attached hydrogen (secondary N) is 1. The van der Waals surface area contributed by atoms with E-state index in [1.165, 1.54) is 6.07 Å². The van der Waals surface area contributed by atoms with Crippen molar-refractivity contribution >= 4 is 23.5 Å². The second kappa shape index (κ2) is 7.03. The molecule has 6 heteroatoms. The Bertz CT molecular complexity index is 698. The highest BCUT2D eigenvalue weighted by molar-refractivity contribution is 6.08. The Kier molecular flexibility index (Phi) is 4.87. The number of carbonyl (C=O) groups excluding carboxylic acids is 3. The molecule has 0 spiro atoms. The molecule has 22 heavy (non-hydrogen) atoms. The highest BCUT2D eigenvalue weighted by Gasteiger charge is 2.15. The van der Waals surface area contributed by atoms with Gasteiger partial charge in [-0.05, 0) is 24.3 Å². The third-order valence-electron chi connectivity index (χ3n) is 2.78. The Hall–Kier alpha value is -3.15. The van der Waals surface area contributed by atoms with E-state index in [4.69, 9.17) is 10.5 Å². The molecular formula is C16H14N2O4. The lowest BCUT2D eigenvalue weighted by molar-refractivity contribution is -0.121. The number of carbonyl (C=O) groups is 3. The van der Waals surface area contributed by atoms with E-state index in [1.54, 1.807) is 48.5 Å². The predicted octanol–water partition coefficient (Wildman–Crippen LogP) is 1.58. The summed E-state index contributed by atoms with van der Waals surface area (Å²) in [5.41, 5.74) is 5.83. The smallest absolute Gasteiger partial charge is 0.340 e. The van der Waals surface area contributed by atoms with Gasteiger partial charge >= 0.3 is 5.97 Å². The molecule has 2 amide bonds. The van der Waals surface area contributed by atoms with Crippen molar-refractivity contribution in [3.8, 4) is 0 Å². The molecule has 0 fully saturated rings. The third-order valence-corrected chi connectivity index (χ3v) is 2.78. The van der Waals surface area contributed by atoms with Gasteiger partial charge in [0, 0.05) is 5.56 Å². The molecule has 0 saturated carbocycles. The van der Waals surface area contributed by atoms with Gasteiger partial charge in [0.25, 0.3) is 11.8 Å². The molecule has 2 aromatic carbocycles. The molecule has 112 valence electrons.